The van der Waals surface area contributed by atoms with Crippen molar-refractivity contribution in [2.24, 2.45) is 0 Å². The lowest BCUT2D eigenvalue weighted by atomic mass is 10.2. The Hall–Kier alpha value is -1.26. The number of amides is 2. The molecule has 1 rings (SSSR count). The van der Waals surface area contributed by atoms with Crippen molar-refractivity contribution >= 4 is 12.0 Å². The lowest BCUT2D eigenvalue weighted by molar-refractivity contribution is -0.120. The van der Waals surface area contributed by atoms with Gasteiger partial charge in [0.1, 0.15) is 12.1 Å². The summed E-state index contributed by atoms with van der Waals surface area (Å²) < 4.78 is 4.98. The van der Waals surface area contributed by atoms with Gasteiger partial charge in [-0.25, -0.2) is 4.79 Å². The van der Waals surface area contributed by atoms with E-state index in [0.29, 0.717) is 6.04 Å². The highest BCUT2D eigenvalue weighted by molar-refractivity contribution is 5.82. The normalized spacial score (nSPS) is 15.7. The van der Waals surface area contributed by atoms with Gasteiger partial charge >= 0.3 is 6.09 Å². The van der Waals surface area contributed by atoms with E-state index in [0.717, 1.165) is 12.8 Å². The van der Waals surface area contributed by atoms with Gasteiger partial charge in [0.05, 0.1) is 0 Å². The van der Waals surface area contributed by atoms with E-state index >= 15 is 0 Å². The molecular formula is C10H18N2O3. The van der Waals surface area contributed by atoms with Crippen molar-refractivity contribution in [1.82, 2.24) is 10.6 Å². The Balaban J connectivity index is 2.12. The molecule has 2 N–H and O–H groups in total. The number of hydrogen-bond donors (Lipinski definition) is 2. The summed E-state index contributed by atoms with van der Waals surface area (Å²) in [7, 11) is 0. The molecule has 0 aliphatic heterocycles. The Bertz CT molecular complexity index is 254. The summed E-state index contributed by atoms with van der Waals surface area (Å²) in [4.78, 5) is 22.3. The number of carbonyl (C=O) groups excluding carboxylic acids is 2. The predicted molar refractivity (Wildman–Crippen MR) is 55.4 cm³/mol. The minimum Gasteiger partial charge on any atom is -0.444 e. The molecule has 0 unspecified atom stereocenters. The molecule has 1 aliphatic rings. The topological polar surface area (TPSA) is 67.4 Å². The fraction of sp³-hybridized carbons (Fsp3) is 0.800. The van der Waals surface area contributed by atoms with Crippen LogP contribution in [0.4, 0.5) is 4.79 Å². The molecule has 1 aliphatic carbocycles. The first-order chi connectivity index (χ1) is 6.87. The maximum Gasteiger partial charge on any atom is 0.408 e. The monoisotopic (exact) mass is 214 g/mol. The van der Waals surface area contributed by atoms with E-state index in [1.165, 1.54) is 0 Å². The quantitative estimate of drug-likeness (QED) is 0.730. The molecule has 0 radical (unpaired) electrons. The molecule has 1 fully saturated rings. The van der Waals surface area contributed by atoms with Gasteiger partial charge in [-0.05, 0) is 33.6 Å². The van der Waals surface area contributed by atoms with Gasteiger partial charge in [0.2, 0.25) is 5.91 Å². The van der Waals surface area contributed by atoms with E-state index in [1.54, 1.807) is 20.8 Å². The second-order valence-corrected chi connectivity index (χ2v) is 4.70. The second-order valence-electron chi connectivity index (χ2n) is 4.70. The molecule has 15 heavy (non-hydrogen) atoms. The Morgan fingerprint density at radius 1 is 1.33 bits per heavy atom. The van der Waals surface area contributed by atoms with E-state index in [-0.39, 0.29) is 12.5 Å². The van der Waals surface area contributed by atoms with Crippen molar-refractivity contribution in [3.8, 4) is 0 Å². The Labute approximate surface area is 89.6 Å². The molecule has 0 aromatic rings. The summed E-state index contributed by atoms with van der Waals surface area (Å²) in [6.07, 6.45) is 1.52. The molecule has 0 bridgehead atoms. The third-order valence-corrected chi connectivity index (χ3v) is 1.73. The average Bonchev–Trinajstić information content (AvgIpc) is 2.81. The van der Waals surface area contributed by atoms with Crippen LogP contribution in [-0.4, -0.2) is 30.2 Å². The van der Waals surface area contributed by atoms with Gasteiger partial charge in [-0.15, -0.1) is 0 Å². The highest BCUT2D eigenvalue weighted by Crippen LogP contribution is 2.18. The van der Waals surface area contributed by atoms with Crippen molar-refractivity contribution in [1.29, 1.82) is 0 Å². The predicted octanol–water partition coefficient (Wildman–Crippen LogP) is 0.790. The smallest absolute Gasteiger partial charge is 0.408 e. The zero-order chi connectivity index (χ0) is 11.5. The van der Waals surface area contributed by atoms with Crippen molar-refractivity contribution < 1.29 is 14.3 Å². The fourth-order valence-corrected chi connectivity index (χ4v) is 0.973. The van der Waals surface area contributed by atoms with Gasteiger partial charge in [-0.2, -0.15) is 0 Å². The molecule has 5 heteroatoms. The summed E-state index contributed by atoms with van der Waals surface area (Å²) in [6.45, 7) is 5.30. The number of alkyl carbamates (subject to hydrolysis) is 1. The van der Waals surface area contributed by atoms with Gasteiger partial charge < -0.3 is 15.4 Å². The highest BCUT2D eigenvalue weighted by atomic mass is 16.6. The van der Waals surface area contributed by atoms with Gasteiger partial charge in [-0.3, -0.25) is 4.79 Å². The average molecular weight is 214 g/mol. The molecule has 1 saturated carbocycles. The lowest BCUT2D eigenvalue weighted by Crippen LogP contribution is -2.40. The van der Waals surface area contributed by atoms with Crippen molar-refractivity contribution in [3.05, 3.63) is 0 Å². The van der Waals surface area contributed by atoms with E-state index in [1.807, 2.05) is 0 Å². The van der Waals surface area contributed by atoms with E-state index in [9.17, 15) is 9.59 Å². The van der Waals surface area contributed by atoms with Crippen LogP contribution in [0.15, 0.2) is 0 Å². The Morgan fingerprint density at radius 3 is 2.40 bits per heavy atom. The SMILES string of the molecule is CC(C)(C)OC(=O)NCC(=O)NC1CC1. The third-order valence-electron chi connectivity index (χ3n) is 1.73. The molecule has 0 saturated heterocycles. The number of nitrogens with one attached hydrogen (secondary N) is 2. The lowest BCUT2D eigenvalue weighted by Gasteiger charge is -2.19. The zero-order valence-corrected chi connectivity index (χ0v) is 9.42. The van der Waals surface area contributed by atoms with Crippen molar-refractivity contribution in [2.45, 2.75) is 45.3 Å². The number of rotatable bonds is 3. The van der Waals surface area contributed by atoms with Crippen molar-refractivity contribution in [3.63, 3.8) is 0 Å². The molecule has 0 aromatic heterocycles. The molecule has 0 spiro atoms. The molecule has 0 atom stereocenters. The van der Waals surface area contributed by atoms with Crippen molar-refractivity contribution in [2.75, 3.05) is 6.54 Å². The van der Waals surface area contributed by atoms with Crippen LogP contribution in [0.3, 0.4) is 0 Å². The number of ether oxygens (including phenoxy) is 1. The van der Waals surface area contributed by atoms with Crippen LogP contribution < -0.4 is 10.6 Å². The Morgan fingerprint density at radius 2 is 1.93 bits per heavy atom. The van der Waals surface area contributed by atoms with E-state index < -0.39 is 11.7 Å². The summed E-state index contributed by atoms with van der Waals surface area (Å²) in [5.74, 6) is -0.164. The van der Waals surface area contributed by atoms with Crippen LogP contribution in [0.1, 0.15) is 33.6 Å². The van der Waals surface area contributed by atoms with Crippen LogP contribution in [0, 0.1) is 0 Å². The highest BCUT2D eigenvalue weighted by Gasteiger charge is 2.23. The standard InChI is InChI=1S/C10H18N2O3/c1-10(2,3)15-9(14)11-6-8(13)12-7-4-5-7/h7H,4-6H2,1-3H3,(H,11,14)(H,12,13). The summed E-state index contributed by atoms with van der Waals surface area (Å²) in [5, 5.41) is 5.16. The maximum atomic E-state index is 11.2. The van der Waals surface area contributed by atoms with Crippen LogP contribution in [0.5, 0.6) is 0 Å². The minimum atomic E-state index is -0.562. The Kier molecular flexibility index (Phi) is 3.55. The van der Waals surface area contributed by atoms with Crippen LogP contribution in [0.2, 0.25) is 0 Å². The third kappa shape index (κ3) is 5.93. The van der Waals surface area contributed by atoms with Gasteiger partial charge in [0.15, 0.2) is 0 Å². The van der Waals surface area contributed by atoms with Crippen LogP contribution in [-0.2, 0) is 9.53 Å². The molecule has 2 amide bonds. The van der Waals surface area contributed by atoms with E-state index in [4.69, 9.17) is 4.74 Å². The van der Waals surface area contributed by atoms with Gasteiger partial charge in [0.25, 0.3) is 0 Å². The van der Waals surface area contributed by atoms with Gasteiger partial charge in [0, 0.05) is 6.04 Å². The summed E-state index contributed by atoms with van der Waals surface area (Å²) in [5.41, 5.74) is -0.531. The van der Waals surface area contributed by atoms with Crippen LogP contribution in [0.25, 0.3) is 0 Å². The molecular weight excluding hydrogens is 196 g/mol. The van der Waals surface area contributed by atoms with Gasteiger partial charge in [-0.1, -0.05) is 0 Å². The number of carbonyl (C=O) groups is 2. The first-order valence-electron chi connectivity index (χ1n) is 5.13. The number of hydrogen-bond acceptors (Lipinski definition) is 3. The van der Waals surface area contributed by atoms with E-state index in [2.05, 4.69) is 10.6 Å². The fourth-order valence-electron chi connectivity index (χ4n) is 0.973. The molecule has 0 aromatic carbocycles. The second kappa shape index (κ2) is 4.51. The molecule has 0 heterocycles. The first-order valence-corrected chi connectivity index (χ1v) is 5.13. The minimum absolute atomic E-state index is 0.0224. The first kappa shape index (κ1) is 11.8. The van der Waals surface area contributed by atoms with Crippen LogP contribution >= 0.6 is 0 Å². The summed E-state index contributed by atoms with van der Waals surface area (Å²) in [6, 6.07) is 0.318. The molecule has 5 nitrogen and oxygen atoms in total. The summed E-state index contributed by atoms with van der Waals surface area (Å²) >= 11 is 0. The molecule has 86 valence electrons. The zero-order valence-electron chi connectivity index (χ0n) is 9.42. The maximum absolute atomic E-state index is 11.2. The largest absolute Gasteiger partial charge is 0.444 e.